The topological polar surface area (TPSA) is 48.1 Å². The molecule has 0 radical (unpaired) electrons. The van der Waals surface area contributed by atoms with Crippen LogP contribution >= 0.6 is 0 Å². The number of pyridine rings is 1. The van der Waals surface area contributed by atoms with Crippen molar-refractivity contribution in [3.63, 3.8) is 0 Å². The minimum Gasteiger partial charge on any atom is -0.495 e. The molecule has 0 aliphatic heterocycles. The van der Waals surface area contributed by atoms with Crippen molar-refractivity contribution in [1.82, 2.24) is 4.98 Å². The average molecular weight is 174 g/mol. The molecule has 1 heterocycles. The van der Waals surface area contributed by atoms with Gasteiger partial charge in [0.05, 0.1) is 12.8 Å². The van der Waals surface area contributed by atoms with Gasteiger partial charge in [0.1, 0.15) is 5.75 Å². The zero-order valence-corrected chi connectivity index (χ0v) is 7.32. The highest BCUT2D eigenvalue weighted by atomic mass is 16.5. The highest BCUT2D eigenvalue weighted by Crippen LogP contribution is 2.29. The Morgan fingerprint density at radius 2 is 2.15 bits per heavy atom. The maximum absolute atomic E-state index is 5.88. The second-order valence-electron chi connectivity index (χ2n) is 2.78. The van der Waals surface area contributed by atoms with Crippen LogP contribution in [0, 0.1) is 0 Å². The van der Waals surface area contributed by atoms with E-state index in [2.05, 4.69) is 4.98 Å². The van der Waals surface area contributed by atoms with Gasteiger partial charge in [0.15, 0.2) is 0 Å². The molecule has 0 atom stereocenters. The van der Waals surface area contributed by atoms with Crippen LogP contribution in [0.3, 0.4) is 0 Å². The van der Waals surface area contributed by atoms with Crippen LogP contribution in [0.25, 0.3) is 10.8 Å². The first-order chi connectivity index (χ1) is 6.33. The number of nitrogens with two attached hydrogens (primary N) is 1. The van der Waals surface area contributed by atoms with Crippen LogP contribution in [0.15, 0.2) is 30.6 Å². The first kappa shape index (κ1) is 7.86. The molecule has 3 heteroatoms. The Bertz CT molecular complexity index is 440. The fourth-order valence-corrected chi connectivity index (χ4v) is 1.35. The molecule has 3 nitrogen and oxygen atoms in total. The van der Waals surface area contributed by atoms with Gasteiger partial charge >= 0.3 is 0 Å². The van der Waals surface area contributed by atoms with Crippen LogP contribution in [-0.4, -0.2) is 12.1 Å². The Morgan fingerprint density at radius 1 is 1.31 bits per heavy atom. The summed E-state index contributed by atoms with van der Waals surface area (Å²) in [6.07, 6.45) is 3.50. The van der Waals surface area contributed by atoms with Gasteiger partial charge in [0, 0.05) is 23.2 Å². The highest BCUT2D eigenvalue weighted by molar-refractivity contribution is 5.95. The molecular formula is C10H10N2O. The van der Waals surface area contributed by atoms with E-state index in [0.29, 0.717) is 11.4 Å². The van der Waals surface area contributed by atoms with Gasteiger partial charge in [-0.25, -0.2) is 0 Å². The average Bonchev–Trinajstić information content (AvgIpc) is 2.19. The molecule has 1 aromatic heterocycles. The van der Waals surface area contributed by atoms with E-state index in [1.165, 1.54) is 0 Å². The molecule has 0 saturated heterocycles. The normalized spacial score (nSPS) is 10.2. The van der Waals surface area contributed by atoms with Crippen molar-refractivity contribution in [1.29, 1.82) is 0 Å². The number of methoxy groups -OCH3 is 1. The molecule has 66 valence electrons. The van der Waals surface area contributed by atoms with E-state index in [9.17, 15) is 0 Å². The number of benzene rings is 1. The fourth-order valence-electron chi connectivity index (χ4n) is 1.35. The predicted molar refractivity (Wildman–Crippen MR) is 52.7 cm³/mol. The molecule has 0 spiro atoms. The van der Waals surface area contributed by atoms with Crippen LogP contribution in [0.5, 0.6) is 5.75 Å². The molecule has 0 fully saturated rings. The van der Waals surface area contributed by atoms with Gasteiger partial charge in [-0.1, -0.05) is 0 Å². The fraction of sp³-hybridized carbons (Fsp3) is 0.100. The number of rotatable bonds is 1. The molecule has 2 rings (SSSR count). The number of anilines is 1. The molecule has 2 N–H and O–H groups in total. The van der Waals surface area contributed by atoms with Gasteiger partial charge in [-0.3, -0.25) is 4.98 Å². The van der Waals surface area contributed by atoms with E-state index in [0.717, 1.165) is 10.8 Å². The predicted octanol–water partition coefficient (Wildman–Crippen LogP) is 1.83. The van der Waals surface area contributed by atoms with Crippen LogP contribution < -0.4 is 10.5 Å². The second kappa shape index (κ2) is 2.94. The Balaban J connectivity index is 2.79. The summed E-state index contributed by atoms with van der Waals surface area (Å²) in [5, 5.41) is 2.01. The summed E-state index contributed by atoms with van der Waals surface area (Å²) in [5.74, 6) is 0.707. The van der Waals surface area contributed by atoms with Gasteiger partial charge in [0.2, 0.25) is 0 Å². The SMILES string of the molecule is COc1ccc2cnccc2c1N. The molecule has 0 amide bonds. The zero-order chi connectivity index (χ0) is 9.26. The Labute approximate surface area is 76.2 Å². The van der Waals surface area contributed by atoms with E-state index < -0.39 is 0 Å². The Morgan fingerprint density at radius 3 is 2.92 bits per heavy atom. The number of aromatic nitrogens is 1. The van der Waals surface area contributed by atoms with Crippen LogP contribution in [0.2, 0.25) is 0 Å². The van der Waals surface area contributed by atoms with Gasteiger partial charge in [0.25, 0.3) is 0 Å². The van der Waals surface area contributed by atoms with E-state index in [-0.39, 0.29) is 0 Å². The summed E-state index contributed by atoms with van der Waals surface area (Å²) in [5.41, 5.74) is 6.55. The lowest BCUT2D eigenvalue weighted by molar-refractivity contribution is 0.417. The number of hydrogen-bond donors (Lipinski definition) is 1. The third kappa shape index (κ3) is 1.18. The van der Waals surface area contributed by atoms with Crippen molar-refractivity contribution < 1.29 is 4.74 Å². The lowest BCUT2D eigenvalue weighted by Gasteiger charge is -2.06. The first-order valence-corrected chi connectivity index (χ1v) is 3.99. The number of nitrogen functional groups attached to an aromatic ring is 1. The summed E-state index contributed by atoms with van der Waals surface area (Å²) < 4.78 is 5.11. The summed E-state index contributed by atoms with van der Waals surface area (Å²) in [7, 11) is 1.61. The van der Waals surface area contributed by atoms with Crippen molar-refractivity contribution in [2.24, 2.45) is 0 Å². The number of fused-ring (bicyclic) bond motifs is 1. The molecule has 0 unspecified atom stereocenters. The van der Waals surface area contributed by atoms with Crippen molar-refractivity contribution in [3.8, 4) is 5.75 Å². The van der Waals surface area contributed by atoms with E-state index in [1.54, 1.807) is 19.5 Å². The third-order valence-electron chi connectivity index (χ3n) is 2.04. The second-order valence-corrected chi connectivity index (χ2v) is 2.78. The van der Waals surface area contributed by atoms with Gasteiger partial charge in [-0.15, -0.1) is 0 Å². The third-order valence-corrected chi connectivity index (χ3v) is 2.04. The molecule has 0 saturated carbocycles. The van der Waals surface area contributed by atoms with Gasteiger partial charge in [-0.05, 0) is 18.2 Å². The Hall–Kier alpha value is -1.77. The minimum atomic E-state index is 0.669. The quantitative estimate of drug-likeness (QED) is 0.671. The van der Waals surface area contributed by atoms with E-state index >= 15 is 0 Å². The van der Waals surface area contributed by atoms with Crippen LogP contribution in [0.4, 0.5) is 5.69 Å². The summed E-state index contributed by atoms with van der Waals surface area (Å²) in [4.78, 5) is 4.01. The first-order valence-electron chi connectivity index (χ1n) is 3.99. The molecule has 1 aromatic carbocycles. The summed E-state index contributed by atoms with van der Waals surface area (Å²) in [6, 6.07) is 5.67. The molecule has 2 aromatic rings. The summed E-state index contributed by atoms with van der Waals surface area (Å²) >= 11 is 0. The smallest absolute Gasteiger partial charge is 0.142 e. The maximum Gasteiger partial charge on any atom is 0.142 e. The number of ether oxygens (including phenoxy) is 1. The maximum atomic E-state index is 5.88. The molecule has 0 aliphatic rings. The monoisotopic (exact) mass is 174 g/mol. The minimum absolute atomic E-state index is 0.669. The van der Waals surface area contributed by atoms with Gasteiger partial charge in [-0.2, -0.15) is 0 Å². The molecular weight excluding hydrogens is 164 g/mol. The largest absolute Gasteiger partial charge is 0.495 e. The number of hydrogen-bond acceptors (Lipinski definition) is 3. The van der Waals surface area contributed by atoms with Gasteiger partial charge < -0.3 is 10.5 Å². The summed E-state index contributed by atoms with van der Waals surface area (Å²) in [6.45, 7) is 0. The zero-order valence-electron chi connectivity index (χ0n) is 7.32. The van der Waals surface area contributed by atoms with Crippen molar-refractivity contribution in [2.75, 3.05) is 12.8 Å². The molecule has 0 bridgehead atoms. The van der Waals surface area contributed by atoms with E-state index in [4.69, 9.17) is 10.5 Å². The molecule has 13 heavy (non-hydrogen) atoms. The van der Waals surface area contributed by atoms with Crippen LogP contribution in [0.1, 0.15) is 0 Å². The highest BCUT2D eigenvalue weighted by Gasteiger charge is 2.02. The number of nitrogens with zero attached hydrogens (tertiary/aromatic N) is 1. The Kier molecular flexibility index (Phi) is 1.77. The van der Waals surface area contributed by atoms with E-state index in [1.807, 2.05) is 18.2 Å². The lowest BCUT2D eigenvalue weighted by atomic mass is 10.1. The van der Waals surface area contributed by atoms with Crippen LogP contribution in [-0.2, 0) is 0 Å². The standard InChI is InChI=1S/C10H10N2O/c1-13-9-3-2-7-6-12-5-4-8(7)10(9)11/h2-6H,11H2,1H3. The lowest BCUT2D eigenvalue weighted by Crippen LogP contribution is -1.93. The molecule has 0 aliphatic carbocycles. The van der Waals surface area contributed by atoms with Crippen molar-refractivity contribution >= 4 is 16.5 Å². The van der Waals surface area contributed by atoms with Crippen molar-refractivity contribution in [3.05, 3.63) is 30.6 Å². The van der Waals surface area contributed by atoms with Crippen molar-refractivity contribution in [2.45, 2.75) is 0 Å².